The topological polar surface area (TPSA) is 113 Å². The Kier molecular flexibility index (Phi) is 6.52. The van der Waals surface area contributed by atoms with Gasteiger partial charge in [0.25, 0.3) is 15.9 Å². The summed E-state index contributed by atoms with van der Waals surface area (Å²) in [7, 11) is -4.17. The monoisotopic (exact) mass is 587 g/mol. The molecule has 0 aliphatic carbocycles. The van der Waals surface area contributed by atoms with Gasteiger partial charge in [-0.1, -0.05) is 45.2 Å². The predicted octanol–water partition coefficient (Wildman–Crippen LogP) is 5.06. The Labute approximate surface area is 210 Å². The molecular formula is C20H12BrCl2N3O5S2. The summed E-state index contributed by atoms with van der Waals surface area (Å²) in [6.07, 6.45) is 0.0748. The number of thiophene rings is 1. The van der Waals surface area contributed by atoms with Crippen molar-refractivity contribution in [1.29, 1.82) is 0 Å². The highest BCUT2D eigenvalue weighted by atomic mass is 79.9. The van der Waals surface area contributed by atoms with E-state index in [9.17, 15) is 22.8 Å². The molecule has 13 heteroatoms. The van der Waals surface area contributed by atoms with Gasteiger partial charge in [0, 0.05) is 15.7 Å². The van der Waals surface area contributed by atoms with Gasteiger partial charge in [-0.2, -0.15) is 0 Å². The Balaban J connectivity index is 1.48. The summed E-state index contributed by atoms with van der Waals surface area (Å²) >= 11 is 15.6. The van der Waals surface area contributed by atoms with Gasteiger partial charge in [-0.3, -0.25) is 9.59 Å². The number of halogens is 3. The highest BCUT2D eigenvalue weighted by Gasteiger charge is 2.32. The maximum Gasteiger partial charge on any atom is 0.333 e. The summed E-state index contributed by atoms with van der Waals surface area (Å²) in [4.78, 5) is 38.7. The molecule has 170 valence electrons. The SMILES string of the molecule is O=C(Nc1ccc(N2C(=O)Cc3ccc(Br)cc3C2=O)cc1)NS(=O)(=O)c1cc(Cl)c(Cl)s1. The van der Waals surface area contributed by atoms with Gasteiger partial charge >= 0.3 is 6.03 Å². The van der Waals surface area contributed by atoms with Crippen molar-refractivity contribution in [2.75, 3.05) is 10.2 Å². The number of carbonyl (C=O) groups excluding carboxylic acids is 3. The van der Waals surface area contributed by atoms with Crippen molar-refractivity contribution in [2.45, 2.75) is 10.6 Å². The first-order valence-electron chi connectivity index (χ1n) is 9.09. The van der Waals surface area contributed by atoms with Crippen molar-refractivity contribution < 1.29 is 22.8 Å². The number of benzene rings is 2. The molecule has 0 spiro atoms. The Morgan fingerprint density at radius 1 is 1.06 bits per heavy atom. The molecule has 0 bridgehead atoms. The Morgan fingerprint density at radius 3 is 2.39 bits per heavy atom. The van der Waals surface area contributed by atoms with Gasteiger partial charge in [0.1, 0.15) is 8.55 Å². The molecule has 4 amide bonds. The average molecular weight is 589 g/mol. The summed E-state index contributed by atoms with van der Waals surface area (Å²) in [5.74, 6) is -0.840. The van der Waals surface area contributed by atoms with Crippen LogP contribution in [0.3, 0.4) is 0 Å². The normalized spacial score (nSPS) is 13.6. The molecule has 0 saturated heterocycles. The number of rotatable bonds is 4. The van der Waals surface area contributed by atoms with Crippen LogP contribution in [0, 0.1) is 0 Å². The van der Waals surface area contributed by atoms with E-state index in [-0.39, 0.29) is 31.6 Å². The second-order valence-corrected chi connectivity index (χ2v) is 11.7. The van der Waals surface area contributed by atoms with Gasteiger partial charge < -0.3 is 5.32 Å². The summed E-state index contributed by atoms with van der Waals surface area (Å²) in [6, 6.07) is 11.1. The lowest BCUT2D eigenvalue weighted by Gasteiger charge is -2.27. The largest absolute Gasteiger partial charge is 0.333 e. The zero-order chi connectivity index (χ0) is 23.9. The van der Waals surface area contributed by atoms with E-state index in [1.807, 2.05) is 4.72 Å². The zero-order valence-electron chi connectivity index (χ0n) is 16.3. The van der Waals surface area contributed by atoms with Gasteiger partial charge in [0.15, 0.2) is 0 Å². The highest BCUT2D eigenvalue weighted by Crippen LogP contribution is 2.34. The summed E-state index contributed by atoms with van der Waals surface area (Å²) in [5.41, 5.74) is 1.63. The number of carbonyl (C=O) groups is 3. The third-order valence-corrected chi connectivity index (χ3v) is 8.76. The fraction of sp³-hybridized carbons (Fsp3) is 0.0500. The van der Waals surface area contributed by atoms with Crippen LogP contribution < -0.4 is 14.9 Å². The minimum atomic E-state index is -4.17. The van der Waals surface area contributed by atoms with Gasteiger partial charge in [-0.25, -0.2) is 22.8 Å². The first-order chi connectivity index (χ1) is 15.5. The number of amides is 4. The third kappa shape index (κ3) is 4.92. The van der Waals surface area contributed by atoms with Crippen molar-refractivity contribution in [3.8, 4) is 0 Å². The summed E-state index contributed by atoms with van der Waals surface area (Å²) < 4.78 is 27.0. The molecule has 1 aromatic heterocycles. The lowest BCUT2D eigenvalue weighted by molar-refractivity contribution is -0.117. The maximum absolute atomic E-state index is 12.9. The molecule has 2 heterocycles. The predicted molar refractivity (Wildman–Crippen MR) is 130 cm³/mol. The second kappa shape index (κ2) is 9.07. The number of anilines is 2. The average Bonchev–Trinajstić information content (AvgIpc) is 3.09. The van der Waals surface area contributed by atoms with Crippen LogP contribution in [0.5, 0.6) is 0 Å². The molecule has 1 aliphatic heterocycles. The third-order valence-electron chi connectivity index (χ3n) is 4.59. The first-order valence-corrected chi connectivity index (χ1v) is 12.9. The van der Waals surface area contributed by atoms with Gasteiger partial charge in [0.2, 0.25) is 5.91 Å². The number of urea groups is 1. The molecule has 0 atom stereocenters. The van der Waals surface area contributed by atoms with Crippen molar-refractivity contribution in [3.63, 3.8) is 0 Å². The minimum Gasteiger partial charge on any atom is -0.307 e. The van der Waals surface area contributed by atoms with E-state index < -0.39 is 22.0 Å². The number of imide groups is 1. The van der Waals surface area contributed by atoms with E-state index in [2.05, 4.69) is 21.2 Å². The van der Waals surface area contributed by atoms with E-state index in [1.54, 1.807) is 18.2 Å². The first kappa shape index (κ1) is 23.7. The van der Waals surface area contributed by atoms with E-state index in [1.165, 1.54) is 24.3 Å². The Morgan fingerprint density at radius 2 is 1.76 bits per heavy atom. The molecular weight excluding hydrogens is 577 g/mol. The summed E-state index contributed by atoms with van der Waals surface area (Å²) in [6.45, 7) is 0. The van der Waals surface area contributed by atoms with Crippen LogP contribution in [0.4, 0.5) is 16.2 Å². The van der Waals surface area contributed by atoms with Gasteiger partial charge in [-0.05, 0) is 48.0 Å². The number of hydrogen-bond acceptors (Lipinski definition) is 6. The molecule has 1 aliphatic rings. The molecule has 4 rings (SSSR count). The molecule has 0 radical (unpaired) electrons. The fourth-order valence-electron chi connectivity index (χ4n) is 3.12. The van der Waals surface area contributed by atoms with Crippen LogP contribution in [0.15, 0.2) is 57.2 Å². The molecule has 0 saturated carbocycles. The van der Waals surface area contributed by atoms with E-state index in [4.69, 9.17) is 23.2 Å². The van der Waals surface area contributed by atoms with Crippen molar-refractivity contribution in [3.05, 3.63) is 73.5 Å². The van der Waals surface area contributed by atoms with Crippen molar-refractivity contribution in [1.82, 2.24) is 4.72 Å². The Bertz CT molecular complexity index is 1390. The smallest absolute Gasteiger partial charge is 0.307 e. The van der Waals surface area contributed by atoms with Crippen molar-refractivity contribution in [2.24, 2.45) is 0 Å². The van der Waals surface area contributed by atoms with Crippen molar-refractivity contribution >= 4 is 89.7 Å². The molecule has 3 aromatic rings. The second-order valence-electron chi connectivity index (χ2n) is 6.81. The fourth-order valence-corrected chi connectivity index (χ4v) is 6.27. The van der Waals surface area contributed by atoms with Crippen LogP contribution in [-0.4, -0.2) is 26.3 Å². The lowest BCUT2D eigenvalue weighted by Crippen LogP contribution is -2.42. The molecule has 33 heavy (non-hydrogen) atoms. The number of fused-ring (bicyclic) bond motifs is 1. The van der Waals surface area contributed by atoms with Gasteiger partial charge in [-0.15, -0.1) is 11.3 Å². The van der Waals surface area contributed by atoms with E-state index in [0.29, 0.717) is 28.2 Å². The van der Waals surface area contributed by atoms with Gasteiger partial charge in [0.05, 0.1) is 17.1 Å². The number of hydrogen-bond donors (Lipinski definition) is 2. The Hall–Kier alpha value is -2.44. The van der Waals surface area contributed by atoms with E-state index >= 15 is 0 Å². The molecule has 8 nitrogen and oxygen atoms in total. The van der Waals surface area contributed by atoms with Crippen LogP contribution in [0.2, 0.25) is 9.36 Å². The molecule has 2 aromatic carbocycles. The highest BCUT2D eigenvalue weighted by molar-refractivity contribution is 9.10. The molecule has 2 N–H and O–H groups in total. The standard InChI is InChI=1S/C20H12BrCl2N3O5S2/c21-11-2-1-10-7-16(27)26(19(28)14(10)8-11)13-5-3-12(4-6-13)24-20(29)25-33(30,31)17-9-15(22)18(23)32-17/h1-6,8-9H,7H2,(H2,24,25,29). The van der Waals surface area contributed by atoms with Crippen LogP contribution in [-0.2, 0) is 21.2 Å². The molecule has 0 unspecified atom stereocenters. The molecule has 0 fully saturated rings. The number of nitrogens with zero attached hydrogens (tertiary/aromatic N) is 1. The van der Waals surface area contributed by atoms with Crippen LogP contribution in [0.25, 0.3) is 0 Å². The minimum absolute atomic E-state index is 0.0647. The lowest BCUT2D eigenvalue weighted by atomic mass is 9.98. The van der Waals surface area contributed by atoms with Crippen LogP contribution >= 0.6 is 50.5 Å². The number of sulfonamides is 1. The maximum atomic E-state index is 12.9. The van der Waals surface area contributed by atoms with Crippen LogP contribution in [0.1, 0.15) is 15.9 Å². The number of nitrogens with one attached hydrogen (secondary N) is 2. The quantitative estimate of drug-likeness (QED) is 0.414. The summed E-state index contributed by atoms with van der Waals surface area (Å²) in [5, 5.41) is 2.44. The van der Waals surface area contributed by atoms with E-state index in [0.717, 1.165) is 15.4 Å². The zero-order valence-corrected chi connectivity index (χ0v) is 21.0.